The summed E-state index contributed by atoms with van der Waals surface area (Å²) >= 11 is 7.36. The molecule has 1 N–H and O–H groups in total. The van der Waals surface area contributed by atoms with E-state index in [4.69, 9.17) is 17.2 Å². The maximum Gasteiger partial charge on any atom is 0.179 e. The number of para-hydroxylation sites is 2. The van der Waals surface area contributed by atoms with E-state index in [0.717, 1.165) is 16.5 Å². The Balaban J connectivity index is 1.62. The number of thioether (sulfide) groups is 1. The van der Waals surface area contributed by atoms with Crippen LogP contribution in [0.4, 0.5) is 11.4 Å². The summed E-state index contributed by atoms with van der Waals surface area (Å²) in [5.74, 6) is 0. The first-order valence-corrected chi connectivity index (χ1v) is 10.2. The molecule has 0 saturated carbocycles. The number of benzene rings is 3. The lowest BCUT2D eigenvalue weighted by Crippen LogP contribution is -2.35. The Kier molecular flexibility index (Phi) is 5.85. The minimum absolute atomic E-state index is 0.643. The lowest BCUT2D eigenvalue weighted by Gasteiger charge is -2.19. The Morgan fingerprint density at radius 2 is 1.50 bits per heavy atom. The minimum atomic E-state index is 0.643. The second-order valence-electron chi connectivity index (χ2n) is 6.24. The van der Waals surface area contributed by atoms with Gasteiger partial charge in [0.1, 0.15) is 0 Å². The molecule has 3 aromatic rings. The summed E-state index contributed by atoms with van der Waals surface area (Å²) < 4.78 is 0. The van der Waals surface area contributed by atoms with Gasteiger partial charge in [0, 0.05) is 10.6 Å². The second kappa shape index (κ2) is 8.87. The Labute approximate surface area is 174 Å². The average molecular weight is 402 g/mol. The van der Waals surface area contributed by atoms with Crippen LogP contribution >= 0.6 is 24.0 Å². The fourth-order valence-electron chi connectivity index (χ4n) is 2.81. The van der Waals surface area contributed by atoms with Crippen LogP contribution in [0.1, 0.15) is 5.56 Å². The van der Waals surface area contributed by atoms with Crippen molar-refractivity contribution in [3.63, 3.8) is 0 Å². The van der Waals surface area contributed by atoms with Gasteiger partial charge in [-0.25, -0.2) is 4.99 Å². The summed E-state index contributed by atoms with van der Waals surface area (Å²) in [6.07, 6.45) is 2.19. The molecule has 0 amide bonds. The molecule has 1 aliphatic rings. The van der Waals surface area contributed by atoms with Gasteiger partial charge in [0.2, 0.25) is 0 Å². The lowest BCUT2D eigenvalue weighted by atomic mass is 10.2. The number of aliphatic imine (C=N–C) groups is 1. The summed E-state index contributed by atoms with van der Waals surface area (Å²) in [5, 5.41) is 4.84. The van der Waals surface area contributed by atoms with Crippen LogP contribution in [0.25, 0.3) is 6.08 Å². The molecule has 0 atom stereocenters. The van der Waals surface area contributed by atoms with E-state index in [0.29, 0.717) is 11.7 Å². The highest BCUT2D eigenvalue weighted by Crippen LogP contribution is 2.33. The van der Waals surface area contributed by atoms with E-state index in [1.165, 1.54) is 10.5 Å². The van der Waals surface area contributed by atoms with Gasteiger partial charge in [0.15, 0.2) is 10.3 Å². The van der Waals surface area contributed by atoms with E-state index < -0.39 is 0 Å². The molecule has 0 bridgehead atoms. The predicted molar refractivity (Wildman–Crippen MR) is 125 cm³/mol. The van der Waals surface area contributed by atoms with Crippen LogP contribution in [0.5, 0.6) is 0 Å². The van der Waals surface area contributed by atoms with Crippen LogP contribution in [0.2, 0.25) is 0 Å². The van der Waals surface area contributed by atoms with Gasteiger partial charge < -0.3 is 5.32 Å². The zero-order valence-corrected chi connectivity index (χ0v) is 16.8. The third-order valence-corrected chi connectivity index (χ3v) is 5.47. The summed E-state index contributed by atoms with van der Waals surface area (Å²) in [4.78, 5) is 8.09. The zero-order valence-electron chi connectivity index (χ0n) is 15.2. The molecule has 1 aliphatic heterocycles. The van der Waals surface area contributed by atoms with E-state index in [-0.39, 0.29) is 0 Å². The van der Waals surface area contributed by atoms with E-state index >= 15 is 0 Å². The van der Waals surface area contributed by atoms with E-state index in [2.05, 4.69) is 28.4 Å². The Morgan fingerprint density at radius 1 is 0.893 bits per heavy atom. The van der Waals surface area contributed by atoms with Crippen molar-refractivity contribution in [2.75, 3.05) is 11.9 Å². The molecular weight excluding hydrogens is 382 g/mol. The van der Waals surface area contributed by atoms with E-state index in [1.54, 1.807) is 11.8 Å². The van der Waals surface area contributed by atoms with Crippen LogP contribution in [-0.2, 0) is 0 Å². The monoisotopic (exact) mass is 401 g/mol. The molecule has 3 aromatic carbocycles. The van der Waals surface area contributed by atoms with Gasteiger partial charge in [-0.2, -0.15) is 0 Å². The molecule has 0 aliphatic carbocycles. The Morgan fingerprint density at radius 3 is 2.18 bits per heavy atom. The third-order valence-electron chi connectivity index (χ3n) is 4.15. The van der Waals surface area contributed by atoms with Crippen molar-refractivity contribution in [3.8, 4) is 0 Å². The number of thiocarbonyl (C=S) groups is 1. The lowest BCUT2D eigenvalue weighted by molar-refractivity contribution is 0.713. The number of anilines is 1. The van der Waals surface area contributed by atoms with Crippen LogP contribution in [-0.4, -0.2) is 21.7 Å². The summed E-state index contributed by atoms with van der Waals surface area (Å²) in [6, 6.07) is 30.3. The van der Waals surface area contributed by atoms with Crippen LogP contribution < -0.4 is 5.32 Å². The van der Waals surface area contributed by atoms with Gasteiger partial charge in [0.05, 0.1) is 12.2 Å². The smallest absolute Gasteiger partial charge is 0.179 e. The maximum absolute atomic E-state index is 5.70. The van der Waals surface area contributed by atoms with Crippen molar-refractivity contribution in [1.29, 1.82) is 0 Å². The van der Waals surface area contributed by atoms with Crippen molar-refractivity contribution in [1.82, 2.24) is 4.90 Å². The first kappa shape index (κ1) is 18.5. The molecule has 138 valence electrons. The molecule has 1 fully saturated rings. The zero-order chi connectivity index (χ0) is 19.2. The van der Waals surface area contributed by atoms with E-state index in [1.807, 2.05) is 78.9 Å². The number of nitrogens with one attached hydrogen (secondary N) is 1. The highest BCUT2D eigenvalue weighted by Gasteiger charge is 2.27. The van der Waals surface area contributed by atoms with Crippen molar-refractivity contribution in [2.45, 2.75) is 0 Å². The Bertz CT molecular complexity index is 1000. The third kappa shape index (κ3) is 4.68. The van der Waals surface area contributed by atoms with Crippen molar-refractivity contribution in [3.05, 3.63) is 101 Å². The van der Waals surface area contributed by atoms with E-state index in [9.17, 15) is 0 Å². The molecule has 4 rings (SSSR count). The second-order valence-corrected chi connectivity index (χ2v) is 7.72. The van der Waals surface area contributed by atoms with Gasteiger partial charge in [-0.05, 0) is 48.1 Å². The van der Waals surface area contributed by atoms with Gasteiger partial charge in [0.25, 0.3) is 0 Å². The number of rotatable bonds is 3. The highest BCUT2D eigenvalue weighted by atomic mass is 32.2. The van der Waals surface area contributed by atoms with Gasteiger partial charge in [-0.3, -0.25) is 4.90 Å². The minimum Gasteiger partial charge on any atom is -0.332 e. The number of hydrogen-bond acceptors (Lipinski definition) is 3. The standard InChI is InChI=1S/C23H19N3S2/c27-22(24-19-12-6-2-7-13-19)26-17-21(16-18-10-4-1-5-11-18)28-23(26)25-20-14-8-3-9-15-20/h1-16H,17H2,(H,24,27)/b21-16-,25-23?. The summed E-state index contributed by atoms with van der Waals surface area (Å²) in [6.45, 7) is 0.698. The van der Waals surface area contributed by atoms with Crippen molar-refractivity contribution in [2.24, 2.45) is 4.99 Å². The maximum atomic E-state index is 5.70. The first-order chi connectivity index (χ1) is 13.8. The largest absolute Gasteiger partial charge is 0.332 e. The molecule has 1 saturated heterocycles. The van der Waals surface area contributed by atoms with Crippen molar-refractivity contribution >= 4 is 51.7 Å². The first-order valence-electron chi connectivity index (χ1n) is 8.99. The molecule has 0 spiro atoms. The summed E-state index contributed by atoms with van der Waals surface area (Å²) in [5.41, 5.74) is 3.06. The summed E-state index contributed by atoms with van der Waals surface area (Å²) in [7, 11) is 0. The molecule has 3 nitrogen and oxygen atoms in total. The number of amidine groups is 1. The topological polar surface area (TPSA) is 27.6 Å². The quantitative estimate of drug-likeness (QED) is 0.532. The number of hydrogen-bond donors (Lipinski definition) is 1. The van der Waals surface area contributed by atoms with Gasteiger partial charge in [-0.1, -0.05) is 78.5 Å². The average Bonchev–Trinajstić information content (AvgIpc) is 3.12. The van der Waals surface area contributed by atoms with Crippen LogP contribution in [0.15, 0.2) is 101 Å². The van der Waals surface area contributed by atoms with Gasteiger partial charge >= 0.3 is 0 Å². The highest BCUT2D eigenvalue weighted by molar-refractivity contribution is 8.17. The fourth-order valence-corrected chi connectivity index (χ4v) is 4.17. The van der Waals surface area contributed by atoms with Crippen LogP contribution in [0, 0.1) is 0 Å². The molecular formula is C23H19N3S2. The number of nitrogens with zero attached hydrogens (tertiary/aromatic N) is 2. The molecule has 0 radical (unpaired) electrons. The Hall–Kier alpha value is -2.89. The molecule has 0 aromatic heterocycles. The van der Waals surface area contributed by atoms with Crippen LogP contribution in [0.3, 0.4) is 0 Å². The SMILES string of the molecule is S=C(Nc1ccccc1)N1C/C(=C/c2ccccc2)SC1=Nc1ccccc1. The molecule has 5 heteroatoms. The van der Waals surface area contributed by atoms with Crippen molar-refractivity contribution < 1.29 is 0 Å². The molecule has 0 unspecified atom stereocenters. The normalized spacial score (nSPS) is 16.5. The molecule has 28 heavy (non-hydrogen) atoms. The fraction of sp³-hybridized carbons (Fsp3) is 0.0435. The predicted octanol–water partition coefficient (Wildman–Crippen LogP) is 6.16. The molecule has 1 heterocycles. The van der Waals surface area contributed by atoms with Gasteiger partial charge in [-0.15, -0.1) is 0 Å².